The summed E-state index contributed by atoms with van der Waals surface area (Å²) in [6.45, 7) is 8.27. The van der Waals surface area contributed by atoms with Gasteiger partial charge in [0, 0.05) is 19.1 Å². The van der Waals surface area contributed by atoms with Crippen molar-refractivity contribution in [2.24, 2.45) is 0 Å². The molecule has 1 aromatic rings. The lowest BCUT2D eigenvalue weighted by Gasteiger charge is -2.29. The molecule has 0 saturated carbocycles. The van der Waals surface area contributed by atoms with Crippen LogP contribution in [0.4, 0.5) is 5.69 Å². The Hall–Kier alpha value is -1.53. The number of benzene rings is 1. The summed E-state index contributed by atoms with van der Waals surface area (Å²) in [4.78, 5) is 2.29. The van der Waals surface area contributed by atoms with Crippen molar-refractivity contribution in [3.8, 4) is 6.07 Å². The number of rotatable bonds is 6. The van der Waals surface area contributed by atoms with Gasteiger partial charge in [0.05, 0.1) is 11.3 Å². The van der Waals surface area contributed by atoms with Gasteiger partial charge < -0.3 is 10.2 Å². The number of hydrogen-bond donors (Lipinski definition) is 1. The van der Waals surface area contributed by atoms with Crippen LogP contribution in [-0.2, 0) is 6.54 Å². The first-order valence-corrected chi connectivity index (χ1v) is 6.58. The van der Waals surface area contributed by atoms with E-state index in [0.717, 1.165) is 36.3 Å². The van der Waals surface area contributed by atoms with Gasteiger partial charge in [-0.1, -0.05) is 13.0 Å². The summed E-state index contributed by atoms with van der Waals surface area (Å²) in [7, 11) is 1.91. The van der Waals surface area contributed by atoms with Crippen LogP contribution in [0.25, 0.3) is 0 Å². The van der Waals surface area contributed by atoms with Crippen LogP contribution < -0.4 is 10.2 Å². The van der Waals surface area contributed by atoms with Gasteiger partial charge in [0.15, 0.2) is 0 Å². The largest absolute Gasteiger partial charge is 0.368 e. The molecule has 3 nitrogen and oxygen atoms in total. The van der Waals surface area contributed by atoms with Gasteiger partial charge in [-0.15, -0.1) is 0 Å². The fourth-order valence-corrected chi connectivity index (χ4v) is 2.14. The fraction of sp³-hybridized carbons (Fsp3) is 0.533. The molecule has 0 aliphatic rings. The highest BCUT2D eigenvalue weighted by atomic mass is 15.1. The van der Waals surface area contributed by atoms with Gasteiger partial charge in [0.2, 0.25) is 0 Å². The van der Waals surface area contributed by atoms with Crippen molar-refractivity contribution in [1.82, 2.24) is 5.32 Å². The van der Waals surface area contributed by atoms with Gasteiger partial charge in [0.25, 0.3) is 0 Å². The van der Waals surface area contributed by atoms with Crippen LogP contribution in [0.3, 0.4) is 0 Å². The van der Waals surface area contributed by atoms with Gasteiger partial charge in [-0.05, 0) is 45.0 Å². The number of nitriles is 1. The van der Waals surface area contributed by atoms with E-state index >= 15 is 0 Å². The maximum absolute atomic E-state index is 9.31. The van der Waals surface area contributed by atoms with Gasteiger partial charge in [-0.2, -0.15) is 5.26 Å². The van der Waals surface area contributed by atoms with Crippen LogP contribution in [0.1, 0.15) is 38.3 Å². The average molecular weight is 245 g/mol. The van der Waals surface area contributed by atoms with Crippen LogP contribution in [0, 0.1) is 11.3 Å². The quantitative estimate of drug-likeness (QED) is 0.837. The van der Waals surface area contributed by atoms with Crippen molar-refractivity contribution < 1.29 is 0 Å². The predicted octanol–water partition coefficient (Wildman–Crippen LogP) is 2.90. The zero-order valence-electron chi connectivity index (χ0n) is 11.8. The number of anilines is 1. The van der Waals surface area contributed by atoms with E-state index < -0.39 is 0 Å². The third kappa shape index (κ3) is 3.48. The standard InChI is InChI=1S/C15H23N3/c1-5-8-18(12(2)3)15-7-6-13(11-17-4)9-14(15)10-16/h6-7,9,12,17H,5,8,11H2,1-4H3. The van der Waals surface area contributed by atoms with E-state index in [1.807, 2.05) is 13.1 Å². The minimum absolute atomic E-state index is 0.409. The smallest absolute Gasteiger partial charge is 0.101 e. The molecule has 0 fully saturated rings. The van der Waals surface area contributed by atoms with Crippen LogP contribution in [-0.4, -0.2) is 19.6 Å². The molecule has 3 heteroatoms. The number of nitrogens with one attached hydrogen (secondary N) is 1. The van der Waals surface area contributed by atoms with E-state index in [1.165, 1.54) is 0 Å². The highest BCUT2D eigenvalue weighted by molar-refractivity contribution is 5.61. The second kappa shape index (κ2) is 7.03. The Morgan fingerprint density at radius 3 is 2.61 bits per heavy atom. The van der Waals surface area contributed by atoms with E-state index in [0.29, 0.717) is 6.04 Å². The molecule has 1 aromatic carbocycles. The Labute approximate surface area is 110 Å². The lowest BCUT2D eigenvalue weighted by atomic mass is 10.1. The highest BCUT2D eigenvalue weighted by Gasteiger charge is 2.14. The molecule has 0 spiro atoms. The van der Waals surface area contributed by atoms with Gasteiger partial charge >= 0.3 is 0 Å². The predicted molar refractivity (Wildman–Crippen MR) is 76.7 cm³/mol. The van der Waals surface area contributed by atoms with Crippen molar-refractivity contribution in [3.63, 3.8) is 0 Å². The normalized spacial score (nSPS) is 10.4. The van der Waals surface area contributed by atoms with Crippen LogP contribution in [0.15, 0.2) is 18.2 Å². The van der Waals surface area contributed by atoms with Crippen LogP contribution in [0.2, 0.25) is 0 Å². The number of nitrogens with zero attached hydrogens (tertiary/aromatic N) is 2. The molecule has 0 amide bonds. The lowest BCUT2D eigenvalue weighted by molar-refractivity contribution is 0.670. The second-order valence-corrected chi connectivity index (χ2v) is 4.78. The third-order valence-corrected chi connectivity index (χ3v) is 2.96. The second-order valence-electron chi connectivity index (χ2n) is 4.78. The summed E-state index contributed by atoms with van der Waals surface area (Å²) in [5.74, 6) is 0. The maximum atomic E-state index is 9.31. The molecule has 0 bridgehead atoms. The summed E-state index contributed by atoms with van der Waals surface area (Å²) in [6.07, 6.45) is 1.08. The molecular formula is C15H23N3. The summed E-state index contributed by atoms with van der Waals surface area (Å²) < 4.78 is 0. The third-order valence-electron chi connectivity index (χ3n) is 2.96. The van der Waals surface area contributed by atoms with Gasteiger partial charge in [0.1, 0.15) is 6.07 Å². The molecule has 0 aromatic heterocycles. The molecule has 0 radical (unpaired) electrons. The Morgan fingerprint density at radius 1 is 1.39 bits per heavy atom. The van der Waals surface area contributed by atoms with Crippen molar-refractivity contribution in [3.05, 3.63) is 29.3 Å². The maximum Gasteiger partial charge on any atom is 0.101 e. The zero-order valence-corrected chi connectivity index (χ0v) is 11.8. The van der Waals surface area contributed by atoms with Crippen molar-refractivity contribution >= 4 is 5.69 Å². The monoisotopic (exact) mass is 245 g/mol. The van der Waals surface area contributed by atoms with Crippen LogP contribution in [0.5, 0.6) is 0 Å². The van der Waals surface area contributed by atoms with Crippen molar-refractivity contribution in [2.45, 2.75) is 39.8 Å². The summed E-state index contributed by atoms with van der Waals surface area (Å²) in [5.41, 5.74) is 2.97. The number of hydrogen-bond acceptors (Lipinski definition) is 3. The van der Waals surface area contributed by atoms with Gasteiger partial charge in [-0.25, -0.2) is 0 Å². The fourth-order valence-electron chi connectivity index (χ4n) is 2.14. The molecule has 0 atom stereocenters. The minimum atomic E-state index is 0.409. The average Bonchev–Trinajstić information content (AvgIpc) is 2.36. The molecule has 0 saturated heterocycles. The first-order valence-electron chi connectivity index (χ1n) is 6.58. The van der Waals surface area contributed by atoms with E-state index in [9.17, 15) is 5.26 Å². The first kappa shape index (κ1) is 14.5. The van der Waals surface area contributed by atoms with Gasteiger partial charge in [-0.3, -0.25) is 0 Å². The zero-order chi connectivity index (χ0) is 13.5. The topological polar surface area (TPSA) is 39.1 Å². The SMILES string of the molecule is CCCN(c1ccc(CNC)cc1C#N)C(C)C. The summed E-state index contributed by atoms with van der Waals surface area (Å²) in [6, 6.07) is 8.88. The van der Waals surface area contributed by atoms with E-state index in [4.69, 9.17) is 0 Å². The Morgan fingerprint density at radius 2 is 2.11 bits per heavy atom. The molecule has 0 aliphatic carbocycles. The summed E-state index contributed by atoms with van der Waals surface area (Å²) in [5, 5.41) is 12.4. The molecular weight excluding hydrogens is 222 g/mol. The molecule has 0 aliphatic heterocycles. The molecule has 1 rings (SSSR count). The van der Waals surface area contributed by atoms with E-state index in [2.05, 4.69) is 49.2 Å². The molecule has 18 heavy (non-hydrogen) atoms. The van der Waals surface area contributed by atoms with E-state index in [1.54, 1.807) is 0 Å². The Balaban J connectivity index is 3.10. The molecule has 1 N–H and O–H groups in total. The van der Waals surface area contributed by atoms with E-state index in [-0.39, 0.29) is 0 Å². The molecule has 98 valence electrons. The van der Waals surface area contributed by atoms with Crippen molar-refractivity contribution in [2.75, 3.05) is 18.5 Å². The van der Waals surface area contributed by atoms with Crippen LogP contribution >= 0.6 is 0 Å². The lowest BCUT2D eigenvalue weighted by Crippen LogP contribution is -2.32. The molecule has 0 unspecified atom stereocenters. The Bertz CT molecular complexity index is 418. The van der Waals surface area contributed by atoms with Crippen molar-refractivity contribution in [1.29, 1.82) is 5.26 Å². The Kier molecular flexibility index (Phi) is 5.67. The minimum Gasteiger partial charge on any atom is -0.368 e. The highest BCUT2D eigenvalue weighted by Crippen LogP contribution is 2.23. The summed E-state index contributed by atoms with van der Waals surface area (Å²) >= 11 is 0. The molecule has 0 heterocycles. The first-order chi connectivity index (χ1) is 8.63.